The first kappa shape index (κ1) is 32.5. The van der Waals surface area contributed by atoms with Crippen LogP contribution in [0.2, 0.25) is 0 Å². The molecule has 2 aromatic carbocycles. The van der Waals surface area contributed by atoms with Crippen LogP contribution in [0.4, 0.5) is 0 Å². The molecule has 0 aliphatic carbocycles. The Balaban J connectivity index is 0.00000172. The van der Waals surface area contributed by atoms with Gasteiger partial charge in [0.05, 0.1) is 13.2 Å². The lowest BCUT2D eigenvalue weighted by atomic mass is 10.1. The van der Waals surface area contributed by atoms with Gasteiger partial charge < -0.3 is 34.6 Å². The Morgan fingerprint density at radius 3 is 2.11 bits per heavy atom. The Bertz CT molecular complexity index is 1110. The van der Waals surface area contributed by atoms with Crippen molar-refractivity contribution in [3.63, 3.8) is 0 Å². The normalized spacial score (nSPS) is 10.8. The summed E-state index contributed by atoms with van der Waals surface area (Å²) in [5, 5.41) is 13.0. The van der Waals surface area contributed by atoms with E-state index < -0.39 is 11.8 Å². The number of aromatic amines is 2. The molecule has 0 amide bonds. The van der Waals surface area contributed by atoms with Gasteiger partial charge >= 0.3 is 5.69 Å². The van der Waals surface area contributed by atoms with Crippen molar-refractivity contribution in [2.24, 2.45) is 0 Å². The second-order valence-corrected chi connectivity index (χ2v) is 7.70. The van der Waals surface area contributed by atoms with Gasteiger partial charge in [0.1, 0.15) is 24.2 Å². The van der Waals surface area contributed by atoms with Crippen LogP contribution in [0.1, 0.15) is 62.8 Å². The van der Waals surface area contributed by atoms with E-state index in [1.165, 1.54) is 0 Å². The summed E-state index contributed by atoms with van der Waals surface area (Å²) in [6.07, 6.45) is 0.0411. The number of ether oxygens (including phenoxy) is 3. The molecule has 0 radical (unpaired) electrons. The number of likely N-dealkylation sites (N-methyl/N-ethyl adjacent to an activating group) is 1. The predicted molar refractivity (Wildman–Crippen MR) is 151 cm³/mol. The molecule has 1 heterocycles. The highest BCUT2D eigenvalue weighted by molar-refractivity contribution is 6.08. The number of aliphatic hydroxyl groups is 1. The summed E-state index contributed by atoms with van der Waals surface area (Å²) in [6.45, 7) is 13.9. The van der Waals surface area contributed by atoms with E-state index in [-0.39, 0.29) is 18.1 Å². The van der Waals surface area contributed by atoms with Crippen LogP contribution in [0, 0.1) is 6.92 Å². The molecule has 1 atom stereocenters. The molecular formula is C29H43N3O6. The van der Waals surface area contributed by atoms with Gasteiger partial charge in [-0.2, -0.15) is 0 Å². The third-order valence-electron chi connectivity index (χ3n) is 4.98. The molecule has 38 heavy (non-hydrogen) atoms. The second kappa shape index (κ2) is 18.6. The largest absolute Gasteiger partial charge is 0.493 e. The summed E-state index contributed by atoms with van der Waals surface area (Å²) in [5.41, 5.74) is 0.819. The van der Waals surface area contributed by atoms with Crippen molar-refractivity contribution in [3.05, 3.63) is 76.0 Å². The van der Waals surface area contributed by atoms with Gasteiger partial charge in [0.15, 0.2) is 11.5 Å². The minimum atomic E-state index is -0.600. The lowest BCUT2D eigenvalue weighted by molar-refractivity contribution is 0.103. The highest BCUT2D eigenvalue weighted by atomic mass is 16.5. The first-order valence-corrected chi connectivity index (χ1v) is 13.3. The molecule has 1 unspecified atom stereocenters. The maximum Gasteiger partial charge on any atom is 0.323 e. The maximum atomic E-state index is 12.5. The average molecular weight is 530 g/mol. The van der Waals surface area contributed by atoms with E-state index in [9.17, 15) is 14.7 Å². The van der Waals surface area contributed by atoms with Crippen LogP contribution in [-0.4, -0.2) is 59.9 Å². The number of para-hydroxylation sites is 2. The predicted octanol–water partition coefficient (Wildman–Crippen LogP) is 4.49. The molecule has 9 heteroatoms. The average Bonchev–Trinajstić information content (AvgIpc) is 3.30. The number of rotatable bonds is 14. The Kier molecular flexibility index (Phi) is 15.9. The van der Waals surface area contributed by atoms with Gasteiger partial charge in [-0.1, -0.05) is 46.8 Å². The summed E-state index contributed by atoms with van der Waals surface area (Å²) in [6, 6.07) is 14.1. The number of aryl methyl sites for hydroxylation is 1. The van der Waals surface area contributed by atoms with Crippen molar-refractivity contribution >= 4 is 5.78 Å². The number of H-pyrrole nitrogens is 2. The number of benzene rings is 2. The minimum Gasteiger partial charge on any atom is -0.493 e. The summed E-state index contributed by atoms with van der Waals surface area (Å²) < 4.78 is 17.3. The summed E-state index contributed by atoms with van der Waals surface area (Å²) in [4.78, 5) is 28.9. The standard InChI is InChI=1S/C25H31N3O6.2C2H6/c1-3-26-15-19(29)16-34-22-8-5-4-7-21(22)33-14-6-13-32-20-11-9-18(10-12-20)24(30)23-17(2)27-25(31)28-23;2*1-2/h4-5,7-12,19,26,29H,3,6,13-16H2,1-2H3,(H2,27,28,31);2*1-2H3. The first-order chi connectivity index (χ1) is 18.5. The third-order valence-corrected chi connectivity index (χ3v) is 4.98. The fraction of sp³-hybridized carbons (Fsp3) is 0.448. The van der Waals surface area contributed by atoms with Crippen LogP contribution in [0.15, 0.2) is 53.3 Å². The quantitative estimate of drug-likeness (QED) is 0.179. The maximum absolute atomic E-state index is 12.5. The fourth-order valence-electron chi connectivity index (χ4n) is 3.22. The molecular weight excluding hydrogens is 486 g/mol. The van der Waals surface area contributed by atoms with Crippen LogP contribution in [-0.2, 0) is 0 Å². The van der Waals surface area contributed by atoms with Crippen LogP contribution in [0.5, 0.6) is 17.2 Å². The number of aliphatic hydroxyl groups excluding tert-OH is 1. The van der Waals surface area contributed by atoms with Gasteiger partial charge in [-0.25, -0.2) is 4.79 Å². The highest BCUT2D eigenvalue weighted by Gasteiger charge is 2.15. The Morgan fingerprint density at radius 1 is 0.921 bits per heavy atom. The van der Waals surface area contributed by atoms with Gasteiger partial charge in [-0.3, -0.25) is 4.79 Å². The molecule has 0 aliphatic rings. The summed E-state index contributed by atoms with van der Waals surface area (Å²) >= 11 is 0. The minimum absolute atomic E-state index is 0.175. The molecule has 9 nitrogen and oxygen atoms in total. The van der Waals surface area contributed by atoms with E-state index in [1.807, 2.05) is 52.8 Å². The first-order valence-electron chi connectivity index (χ1n) is 13.3. The zero-order valence-electron chi connectivity index (χ0n) is 23.4. The number of carbonyl (C=O) groups is 1. The monoisotopic (exact) mass is 529 g/mol. The van der Waals surface area contributed by atoms with E-state index in [1.54, 1.807) is 37.3 Å². The number of ketones is 1. The van der Waals surface area contributed by atoms with Crippen molar-refractivity contribution in [2.45, 2.75) is 54.1 Å². The van der Waals surface area contributed by atoms with E-state index in [2.05, 4.69) is 15.3 Å². The molecule has 3 aromatic rings. The van der Waals surface area contributed by atoms with Crippen LogP contribution in [0.25, 0.3) is 0 Å². The number of aromatic nitrogens is 2. The zero-order valence-corrected chi connectivity index (χ0v) is 23.4. The highest BCUT2D eigenvalue weighted by Crippen LogP contribution is 2.26. The fourth-order valence-corrected chi connectivity index (χ4v) is 3.22. The number of hydrogen-bond acceptors (Lipinski definition) is 7. The van der Waals surface area contributed by atoms with E-state index >= 15 is 0 Å². The molecule has 0 fully saturated rings. The van der Waals surface area contributed by atoms with Gasteiger partial charge in [0.2, 0.25) is 5.78 Å². The molecule has 1 aromatic heterocycles. The lowest BCUT2D eigenvalue weighted by Gasteiger charge is -2.15. The van der Waals surface area contributed by atoms with Gasteiger partial charge in [0, 0.05) is 24.2 Å². The van der Waals surface area contributed by atoms with Crippen LogP contribution in [0.3, 0.4) is 0 Å². The van der Waals surface area contributed by atoms with Crippen LogP contribution < -0.4 is 25.2 Å². The Hall–Kier alpha value is -3.56. The van der Waals surface area contributed by atoms with E-state index in [4.69, 9.17) is 14.2 Å². The van der Waals surface area contributed by atoms with E-state index in [0.717, 1.165) is 6.54 Å². The molecule has 0 bridgehead atoms. The van der Waals surface area contributed by atoms with Crippen molar-refractivity contribution < 1.29 is 24.1 Å². The van der Waals surface area contributed by atoms with Crippen molar-refractivity contribution in [1.82, 2.24) is 15.3 Å². The third kappa shape index (κ3) is 10.8. The summed E-state index contributed by atoms with van der Waals surface area (Å²) in [5.74, 6) is 1.57. The molecule has 3 rings (SSSR count). The van der Waals surface area contributed by atoms with Crippen molar-refractivity contribution in [3.8, 4) is 17.2 Å². The van der Waals surface area contributed by atoms with Gasteiger partial charge in [0.25, 0.3) is 0 Å². The number of hydrogen-bond donors (Lipinski definition) is 4. The zero-order chi connectivity index (χ0) is 28.3. The number of imidazole rings is 1. The van der Waals surface area contributed by atoms with Crippen LogP contribution >= 0.6 is 0 Å². The smallest absolute Gasteiger partial charge is 0.323 e. The number of carbonyl (C=O) groups excluding carboxylic acids is 1. The summed E-state index contributed by atoms with van der Waals surface area (Å²) in [7, 11) is 0. The SMILES string of the molecule is CC.CC.CCNCC(O)COc1ccccc1OCCCOc1ccc(C(=O)c2[nH]c(=O)[nH]c2C)cc1. The molecule has 0 spiro atoms. The molecule has 4 N–H and O–H groups in total. The molecule has 0 aliphatic heterocycles. The molecule has 0 saturated carbocycles. The number of nitrogens with one attached hydrogen (secondary N) is 3. The van der Waals surface area contributed by atoms with Crippen molar-refractivity contribution in [2.75, 3.05) is 32.9 Å². The van der Waals surface area contributed by atoms with Crippen molar-refractivity contribution in [1.29, 1.82) is 0 Å². The Morgan fingerprint density at radius 2 is 1.53 bits per heavy atom. The second-order valence-electron chi connectivity index (χ2n) is 7.70. The topological polar surface area (TPSA) is 126 Å². The van der Waals surface area contributed by atoms with Gasteiger partial charge in [-0.15, -0.1) is 0 Å². The molecule has 0 saturated heterocycles. The lowest BCUT2D eigenvalue weighted by Crippen LogP contribution is -2.31. The Labute approximate surface area is 225 Å². The van der Waals surface area contributed by atoms with Gasteiger partial charge in [-0.05, 0) is 49.9 Å². The molecule has 210 valence electrons. The van der Waals surface area contributed by atoms with E-state index in [0.29, 0.717) is 54.7 Å².